The van der Waals surface area contributed by atoms with Crippen LogP contribution in [0.5, 0.6) is 5.75 Å². The summed E-state index contributed by atoms with van der Waals surface area (Å²) in [6.45, 7) is 11.9. The maximum Gasteiger partial charge on any atom is 0.123 e. The summed E-state index contributed by atoms with van der Waals surface area (Å²) in [7, 11) is 0. The number of halogens is 1. The molecule has 4 saturated carbocycles. The van der Waals surface area contributed by atoms with E-state index in [9.17, 15) is 5.11 Å². The van der Waals surface area contributed by atoms with E-state index >= 15 is 0 Å². The van der Waals surface area contributed by atoms with E-state index in [2.05, 4.69) is 62.7 Å². The van der Waals surface area contributed by atoms with Gasteiger partial charge in [0.25, 0.3) is 0 Å². The van der Waals surface area contributed by atoms with Crippen molar-refractivity contribution in [2.75, 3.05) is 0 Å². The van der Waals surface area contributed by atoms with Gasteiger partial charge >= 0.3 is 0 Å². The van der Waals surface area contributed by atoms with Crippen LogP contribution >= 0.6 is 15.9 Å². The van der Waals surface area contributed by atoms with Crippen LogP contribution in [-0.2, 0) is 16.2 Å². The van der Waals surface area contributed by atoms with Gasteiger partial charge in [-0.05, 0) is 66.3 Å². The molecule has 0 amide bonds. The summed E-state index contributed by atoms with van der Waals surface area (Å²) in [5.74, 6) is 1.41. The Hall–Kier alpha value is -0.500. The monoisotopic (exact) mass is 404 g/mol. The van der Waals surface area contributed by atoms with E-state index in [-0.39, 0.29) is 10.8 Å². The molecule has 4 atom stereocenters. The first kappa shape index (κ1) is 17.9. The number of phenolic OH excluding ortho intramolecular Hbond substituents is 1. The molecule has 4 aliphatic rings. The van der Waals surface area contributed by atoms with Crippen molar-refractivity contribution in [2.24, 2.45) is 16.7 Å². The van der Waals surface area contributed by atoms with Crippen molar-refractivity contribution < 1.29 is 5.11 Å². The molecule has 0 aromatic heterocycles. The minimum Gasteiger partial charge on any atom is -0.507 e. The maximum absolute atomic E-state index is 11.2. The number of hydrogen-bond acceptors (Lipinski definition) is 1. The lowest BCUT2D eigenvalue weighted by Crippen LogP contribution is -2.56. The van der Waals surface area contributed by atoms with Crippen LogP contribution in [0, 0.1) is 16.7 Å². The molecule has 138 valence electrons. The Morgan fingerprint density at radius 3 is 2.12 bits per heavy atom. The predicted octanol–water partition coefficient (Wildman–Crippen LogP) is 6.83. The van der Waals surface area contributed by atoms with Crippen molar-refractivity contribution in [3.05, 3.63) is 28.8 Å². The molecular formula is C23H33BrO. The fraction of sp³-hybridized carbons (Fsp3) is 0.739. The minimum absolute atomic E-state index is 0.107. The van der Waals surface area contributed by atoms with Crippen LogP contribution in [0.2, 0.25) is 0 Å². The number of rotatable bonds is 2. The molecule has 4 fully saturated rings. The summed E-state index contributed by atoms with van der Waals surface area (Å²) in [5, 5.41) is 11.9. The van der Waals surface area contributed by atoms with E-state index in [4.69, 9.17) is 0 Å². The summed E-state index contributed by atoms with van der Waals surface area (Å²) in [4.78, 5) is 0. The molecule has 2 heteroatoms. The summed E-state index contributed by atoms with van der Waals surface area (Å²) in [6.07, 6.45) is 7.97. The Bertz CT molecular complexity index is 696. The molecule has 4 bridgehead atoms. The Kier molecular flexibility index (Phi) is 3.77. The molecular weight excluding hydrogens is 372 g/mol. The van der Waals surface area contributed by atoms with Gasteiger partial charge in [-0.25, -0.2) is 0 Å². The summed E-state index contributed by atoms with van der Waals surface area (Å²) >= 11 is 3.61. The lowest BCUT2D eigenvalue weighted by Gasteiger charge is -2.65. The molecule has 25 heavy (non-hydrogen) atoms. The van der Waals surface area contributed by atoms with E-state index < -0.39 is 0 Å². The molecule has 1 nitrogen and oxygen atoms in total. The van der Waals surface area contributed by atoms with Gasteiger partial charge in [0, 0.05) is 21.9 Å². The Morgan fingerprint density at radius 1 is 1.04 bits per heavy atom. The zero-order valence-corrected chi connectivity index (χ0v) is 18.1. The van der Waals surface area contributed by atoms with Crippen LogP contribution in [0.3, 0.4) is 0 Å². The van der Waals surface area contributed by atoms with Crippen molar-refractivity contribution in [3.8, 4) is 5.75 Å². The van der Waals surface area contributed by atoms with Gasteiger partial charge in [-0.2, -0.15) is 0 Å². The van der Waals surface area contributed by atoms with E-state index in [1.54, 1.807) is 0 Å². The van der Waals surface area contributed by atoms with Crippen molar-refractivity contribution in [1.82, 2.24) is 0 Å². The number of phenols is 1. The van der Waals surface area contributed by atoms with Gasteiger partial charge in [-0.15, -0.1) is 0 Å². The molecule has 0 aliphatic heterocycles. The predicted molar refractivity (Wildman–Crippen MR) is 109 cm³/mol. The first-order chi connectivity index (χ1) is 11.5. The SMILES string of the molecule is CC12CC3CC(c4cc(C(C)(C)C)cc(CBr)c4O)(C1)C[C@](C)(C3)C2. The molecule has 0 radical (unpaired) electrons. The first-order valence-corrected chi connectivity index (χ1v) is 11.0. The van der Waals surface area contributed by atoms with Crippen LogP contribution < -0.4 is 0 Å². The van der Waals surface area contributed by atoms with Crippen LogP contribution in [0.25, 0.3) is 0 Å². The standard InChI is InChI=1S/C23H33BrO/c1-20(2,3)17-6-16(11-24)19(25)18(7-17)23-10-15-8-21(4,13-23)12-22(5,9-15)14-23/h6-7,15,25H,8-14H2,1-5H3/t15?,21-,22?,23?/m1/s1. The number of alkyl halides is 1. The molecule has 5 rings (SSSR count). The van der Waals surface area contributed by atoms with Crippen molar-refractivity contribution in [1.29, 1.82) is 0 Å². The smallest absolute Gasteiger partial charge is 0.123 e. The molecule has 0 spiro atoms. The molecule has 1 aromatic rings. The second kappa shape index (κ2) is 5.27. The average molecular weight is 405 g/mol. The second-order valence-corrected chi connectivity index (χ2v) is 11.9. The normalized spacial score (nSPS) is 39.8. The summed E-state index contributed by atoms with van der Waals surface area (Å²) < 4.78 is 0. The van der Waals surface area contributed by atoms with Crippen LogP contribution in [-0.4, -0.2) is 5.11 Å². The van der Waals surface area contributed by atoms with Gasteiger partial charge in [-0.3, -0.25) is 0 Å². The zero-order valence-electron chi connectivity index (χ0n) is 16.5. The Balaban J connectivity index is 1.89. The fourth-order valence-corrected chi connectivity index (χ4v) is 7.81. The molecule has 0 saturated heterocycles. The Labute approximate surface area is 161 Å². The van der Waals surface area contributed by atoms with Gasteiger partial charge in [0.1, 0.15) is 5.75 Å². The molecule has 3 unspecified atom stereocenters. The average Bonchev–Trinajstić information content (AvgIpc) is 2.42. The van der Waals surface area contributed by atoms with Gasteiger partial charge in [0.15, 0.2) is 0 Å². The third kappa shape index (κ3) is 2.78. The van der Waals surface area contributed by atoms with E-state index in [1.165, 1.54) is 49.7 Å². The zero-order chi connectivity index (χ0) is 18.3. The number of hydrogen-bond donors (Lipinski definition) is 1. The summed E-state index contributed by atoms with van der Waals surface area (Å²) in [6, 6.07) is 4.57. The molecule has 1 N–H and O–H groups in total. The first-order valence-electron chi connectivity index (χ1n) is 9.91. The molecule has 4 aliphatic carbocycles. The minimum atomic E-state index is 0.107. The Morgan fingerprint density at radius 2 is 1.64 bits per heavy atom. The van der Waals surface area contributed by atoms with Crippen LogP contribution in [0.15, 0.2) is 12.1 Å². The van der Waals surface area contributed by atoms with E-state index in [1.807, 2.05) is 0 Å². The maximum atomic E-state index is 11.2. The second-order valence-electron chi connectivity index (χ2n) is 11.3. The lowest BCUT2D eigenvalue weighted by atomic mass is 9.39. The quantitative estimate of drug-likeness (QED) is 0.535. The van der Waals surface area contributed by atoms with Crippen molar-refractivity contribution in [3.63, 3.8) is 0 Å². The van der Waals surface area contributed by atoms with Gasteiger partial charge < -0.3 is 5.11 Å². The number of benzene rings is 1. The lowest BCUT2D eigenvalue weighted by molar-refractivity contribution is -0.110. The highest BCUT2D eigenvalue weighted by Crippen LogP contribution is 2.70. The van der Waals surface area contributed by atoms with Gasteiger partial charge in [0.05, 0.1) is 0 Å². The third-order valence-corrected chi connectivity index (χ3v) is 8.00. The largest absolute Gasteiger partial charge is 0.507 e. The highest BCUT2D eigenvalue weighted by atomic mass is 79.9. The van der Waals surface area contributed by atoms with Crippen LogP contribution in [0.4, 0.5) is 0 Å². The van der Waals surface area contributed by atoms with Crippen LogP contribution in [0.1, 0.15) is 89.8 Å². The number of aromatic hydroxyl groups is 1. The van der Waals surface area contributed by atoms with Gasteiger partial charge in [-0.1, -0.05) is 62.7 Å². The highest BCUT2D eigenvalue weighted by Gasteiger charge is 2.61. The fourth-order valence-electron chi connectivity index (χ4n) is 7.38. The third-order valence-electron chi connectivity index (χ3n) is 7.40. The van der Waals surface area contributed by atoms with Gasteiger partial charge in [0.2, 0.25) is 0 Å². The van der Waals surface area contributed by atoms with Crippen molar-refractivity contribution >= 4 is 15.9 Å². The van der Waals surface area contributed by atoms with E-state index in [0.717, 1.165) is 16.8 Å². The highest BCUT2D eigenvalue weighted by molar-refractivity contribution is 9.08. The topological polar surface area (TPSA) is 20.2 Å². The van der Waals surface area contributed by atoms with E-state index in [0.29, 0.717) is 16.6 Å². The molecule has 1 aromatic carbocycles. The van der Waals surface area contributed by atoms with Crippen molar-refractivity contribution in [2.45, 2.75) is 89.3 Å². The summed E-state index contributed by atoms with van der Waals surface area (Å²) in [5.41, 5.74) is 4.91. The molecule has 0 heterocycles.